The highest BCUT2D eigenvalue weighted by molar-refractivity contribution is 6.14. The maximum Gasteiger partial charge on any atom is 0.164 e. The van der Waals surface area contributed by atoms with E-state index in [1.165, 1.54) is 0 Å². The summed E-state index contributed by atoms with van der Waals surface area (Å²) in [6, 6.07) is 87.4. The van der Waals surface area contributed by atoms with Gasteiger partial charge in [-0.05, 0) is 120 Å². The van der Waals surface area contributed by atoms with Crippen molar-refractivity contribution in [1.82, 2.24) is 39.0 Å². The topological polar surface area (TPSA) is 111 Å². The third-order valence-electron chi connectivity index (χ3n) is 14.0. The van der Waals surface area contributed by atoms with Crippen LogP contribution in [0.4, 0.5) is 0 Å². The highest BCUT2D eigenvalue weighted by Gasteiger charge is 2.21. The van der Waals surface area contributed by atoms with Gasteiger partial charge in [0.15, 0.2) is 34.9 Å². The Bertz CT molecular complexity index is 4490. The van der Waals surface area contributed by atoms with E-state index in [0.29, 0.717) is 40.5 Å². The van der Waals surface area contributed by atoms with Crippen LogP contribution in [0.5, 0.6) is 0 Å². The monoisotopic (exact) mass is 971 g/mol. The first-order valence-corrected chi connectivity index (χ1v) is 25.1. The summed E-state index contributed by atoms with van der Waals surface area (Å²) in [5.74, 6) is 3.49. The fourth-order valence-corrected chi connectivity index (χ4v) is 10.4. The number of para-hydroxylation sites is 2. The van der Waals surface area contributed by atoms with Gasteiger partial charge in [-0.2, -0.15) is 5.26 Å². The molecule has 0 atom stereocenters. The molecule has 9 nitrogen and oxygen atoms in total. The Kier molecular flexibility index (Phi) is 10.7. The Balaban J connectivity index is 0.948. The highest BCUT2D eigenvalue weighted by Crippen LogP contribution is 2.41. The summed E-state index contributed by atoms with van der Waals surface area (Å²) < 4.78 is 4.67. The number of rotatable bonds is 9. The molecule has 0 spiro atoms. The van der Waals surface area contributed by atoms with Crippen molar-refractivity contribution in [1.29, 1.82) is 5.26 Å². The minimum atomic E-state index is 0.528. The van der Waals surface area contributed by atoms with Gasteiger partial charge in [0, 0.05) is 66.3 Å². The number of nitrogens with zero attached hydrogens (tertiary/aromatic N) is 9. The second-order valence-electron chi connectivity index (χ2n) is 18.7. The van der Waals surface area contributed by atoms with Gasteiger partial charge in [0.25, 0.3) is 0 Å². The quantitative estimate of drug-likeness (QED) is 0.142. The minimum absolute atomic E-state index is 0.528. The average Bonchev–Trinajstić information content (AvgIpc) is 4.03. The molecule has 0 saturated carbocycles. The van der Waals surface area contributed by atoms with Crippen molar-refractivity contribution >= 4 is 43.6 Å². The summed E-state index contributed by atoms with van der Waals surface area (Å²) in [5.41, 5.74) is 14.4. The molecular weight excluding hydrogens is 931 g/mol. The number of nitriles is 1. The number of aromatic nitrogens is 8. The number of hydrogen-bond donors (Lipinski definition) is 0. The van der Waals surface area contributed by atoms with Crippen molar-refractivity contribution in [3.63, 3.8) is 0 Å². The summed E-state index contributed by atoms with van der Waals surface area (Å²) in [6.07, 6.45) is 0. The molecule has 0 aliphatic rings. The molecule has 0 bridgehead atoms. The van der Waals surface area contributed by atoms with E-state index in [1.54, 1.807) is 12.1 Å². The molecule has 4 heterocycles. The van der Waals surface area contributed by atoms with Crippen LogP contribution in [0.3, 0.4) is 0 Å². The summed E-state index contributed by atoms with van der Waals surface area (Å²) in [4.78, 5) is 30.3. The fourth-order valence-electron chi connectivity index (χ4n) is 10.4. The zero-order valence-electron chi connectivity index (χ0n) is 40.7. The maximum atomic E-state index is 9.54. The lowest BCUT2D eigenvalue weighted by atomic mass is 9.99. The first kappa shape index (κ1) is 44.0. The van der Waals surface area contributed by atoms with Crippen molar-refractivity contribution < 1.29 is 0 Å². The van der Waals surface area contributed by atoms with Crippen molar-refractivity contribution in [2.75, 3.05) is 0 Å². The van der Waals surface area contributed by atoms with Crippen LogP contribution in [0.1, 0.15) is 5.56 Å². The number of benzene rings is 10. The Morgan fingerprint density at radius 3 is 0.816 bits per heavy atom. The van der Waals surface area contributed by atoms with Crippen molar-refractivity contribution in [2.45, 2.75) is 0 Å². The van der Waals surface area contributed by atoms with Gasteiger partial charge in [-0.25, -0.2) is 29.9 Å². The standard InChI is InChI=1S/C67H41N9/c68-42-43-26-28-47(29-27-43)65-70-64(46-20-10-3-11-21-46)73-67(74-65)51-33-37-61-57(41-51)55-39-49(31-35-59(55)76(61)53-24-14-5-15-25-53)48-30-34-58-54(38-48)56-40-50(32-36-60(56)75(58)52-22-12-4-13-23-52)66-71-62(44-16-6-1-7-17-44)69-63(72-66)45-18-8-2-9-19-45/h1-41H. The largest absolute Gasteiger partial charge is 0.309 e. The number of hydrogen-bond acceptors (Lipinski definition) is 7. The van der Waals surface area contributed by atoms with Crippen LogP contribution in [0.25, 0.3) is 134 Å². The lowest BCUT2D eigenvalue weighted by Crippen LogP contribution is -2.00. The van der Waals surface area contributed by atoms with E-state index >= 15 is 0 Å². The molecule has 0 N–H and O–H groups in total. The van der Waals surface area contributed by atoms with Crippen LogP contribution in [-0.2, 0) is 0 Å². The smallest absolute Gasteiger partial charge is 0.164 e. The molecule has 9 heteroatoms. The SMILES string of the molecule is N#Cc1ccc(-c2nc(-c3ccccc3)nc(-c3ccc4c(c3)c3cc(-c5ccc6c(c5)c5cc(-c7nc(-c8ccccc8)nc(-c8ccccc8)n7)ccc5n6-c5ccccc5)ccc3n4-c3ccccc3)n2)cc1. The summed E-state index contributed by atoms with van der Waals surface area (Å²) in [7, 11) is 0. The molecule has 0 unspecified atom stereocenters. The van der Waals surface area contributed by atoms with Crippen LogP contribution in [0, 0.1) is 11.3 Å². The molecule has 0 aliphatic heterocycles. The molecule has 4 aromatic heterocycles. The molecule has 0 fully saturated rings. The van der Waals surface area contributed by atoms with Gasteiger partial charge in [-0.3, -0.25) is 0 Å². The van der Waals surface area contributed by atoms with Crippen LogP contribution in [0.2, 0.25) is 0 Å². The minimum Gasteiger partial charge on any atom is -0.309 e. The van der Waals surface area contributed by atoms with Crippen molar-refractivity contribution in [3.05, 3.63) is 254 Å². The van der Waals surface area contributed by atoms with Crippen molar-refractivity contribution in [3.8, 4) is 96.9 Å². The zero-order chi connectivity index (χ0) is 50.5. The zero-order valence-corrected chi connectivity index (χ0v) is 40.7. The third kappa shape index (κ3) is 7.82. The predicted octanol–water partition coefficient (Wildman–Crippen LogP) is 15.8. The Hall–Kier alpha value is -10.7. The first-order chi connectivity index (χ1) is 37.6. The van der Waals surface area contributed by atoms with E-state index in [-0.39, 0.29) is 0 Å². The Labute approximate surface area is 437 Å². The molecule has 10 aromatic carbocycles. The van der Waals surface area contributed by atoms with Gasteiger partial charge < -0.3 is 9.13 Å². The van der Waals surface area contributed by atoms with E-state index < -0.39 is 0 Å². The summed E-state index contributed by atoms with van der Waals surface area (Å²) in [6.45, 7) is 0. The molecule has 14 rings (SSSR count). The molecule has 14 aromatic rings. The molecule has 0 amide bonds. The second-order valence-corrected chi connectivity index (χ2v) is 18.7. The lowest BCUT2D eigenvalue weighted by molar-refractivity contribution is 1.07. The van der Waals surface area contributed by atoms with Crippen LogP contribution >= 0.6 is 0 Å². The Morgan fingerprint density at radius 1 is 0.250 bits per heavy atom. The van der Waals surface area contributed by atoms with Gasteiger partial charge in [0.2, 0.25) is 0 Å². The molecule has 76 heavy (non-hydrogen) atoms. The third-order valence-corrected chi connectivity index (χ3v) is 14.0. The molecule has 0 radical (unpaired) electrons. The van der Waals surface area contributed by atoms with Crippen molar-refractivity contribution in [2.24, 2.45) is 0 Å². The van der Waals surface area contributed by atoms with E-state index in [0.717, 1.165) is 99.5 Å². The fraction of sp³-hybridized carbons (Fsp3) is 0. The average molecular weight is 972 g/mol. The highest BCUT2D eigenvalue weighted by atomic mass is 15.0. The number of fused-ring (bicyclic) bond motifs is 6. The second kappa shape index (κ2) is 18.4. The van der Waals surface area contributed by atoms with E-state index in [1.807, 2.05) is 109 Å². The van der Waals surface area contributed by atoms with E-state index in [2.05, 4.69) is 143 Å². The molecule has 0 saturated heterocycles. The van der Waals surface area contributed by atoms with E-state index in [4.69, 9.17) is 29.9 Å². The first-order valence-electron chi connectivity index (χ1n) is 25.1. The molecular formula is C67H41N9. The van der Waals surface area contributed by atoms with Gasteiger partial charge in [0.05, 0.1) is 33.7 Å². The predicted molar refractivity (Wildman–Crippen MR) is 305 cm³/mol. The summed E-state index contributed by atoms with van der Waals surface area (Å²) in [5, 5.41) is 13.9. The Morgan fingerprint density at radius 2 is 0.500 bits per heavy atom. The van der Waals surface area contributed by atoms with Gasteiger partial charge in [-0.15, -0.1) is 0 Å². The van der Waals surface area contributed by atoms with Crippen LogP contribution in [-0.4, -0.2) is 39.0 Å². The van der Waals surface area contributed by atoms with Crippen LogP contribution < -0.4 is 0 Å². The van der Waals surface area contributed by atoms with Gasteiger partial charge in [0.1, 0.15) is 0 Å². The maximum absolute atomic E-state index is 9.54. The molecule has 0 aliphatic carbocycles. The molecule has 354 valence electrons. The lowest BCUT2D eigenvalue weighted by Gasteiger charge is -2.10. The van der Waals surface area contributed by atoms with E-state index in [9.17, 15) is 5.26 Å². The van der Waals surface area contributed by atoms with Crippen LogP contribution in [0.15, 0.2) is 249 Å². The normalized spacial score (nSPS) is 11.4. The van der Waals surface area contributed by atoms with Gasteiger partial charge >= 0.3 is 0 Å². The van der Waals surface area contributed by atoms with Gasteiger partial charge in [-0.1, -0.05) is 140 Å². The summed E-state index contributed by atoms with van der Waals surface area (Å²) >= 11 is 0.